The SMILES string of the molecule is C=CC(=O)OCCCCCCCCCCCCCCCC[Si](I)(I)I. The summed E-state index contributed by atoms with van der Waals surface area (Å²) in [7, 11) is 0. The van der Waals surface area contributed by atoms with Crippen LogP contribution in [0.5, 0.6) is 0 Å². The Kier molecular flexibility index (Phi) is 20.2. The van der Waals surface area contributed by atoms with Crippen molar-refractivity contribution in [1.29, 1.82) is 0 Å². The number of unbranched alkanes of at least 4 members (excludes halogenated alkanes) is 13. The van der Waals surface area contributed by atoms with Crippen molar-refractivity contribution < 1.29 is 9.53 Å². The van der Waals surface area contributed by atoms with Gasteiger partial charge in [0.15, 0.2) is 0 Å². The Morgan fingerprint density at radius 3 is 1.44 bits per heavy atom. The maximum Gasteiger partial charge on any atom is 0.330 e. The van der Waals surface area contributed by atoms with Gasteiger partial charge in [0.2, 0.25) is 0 Å². The lowest BCUT2D eigenvalue weighted by Crippen LogP contribution is -2.03. The van der Waals surface area contributed by atoms with Crippen LogP contribution in [0.2, 0.25) is 6.04 Å². The highest BCUT2D eigenvalue weighted by Gasteiger charge is 2.19. The van der Waals surface area contributed by atoms with Crippen molar-refractivity contribution in [2.75, 3.05) is 6.61 Å². The molecule has 0 heterocycles. The van der Waals surface area contributed by atoms with Crippen LogP contribution < -0.4 is 0 Å². The molecule has 6 heteroatoms. The fraction of sp³-hybridized carbons (Fsp3) is 0.842. The van der Waals surface area contributed by atoms with Crippen molar-refractivity contribution in [3.63, 3.8) is 0 Å². The van der Waals surface area contributed by atoms with Gasteiger partial charge in [0.1, 0.15) is 0 Å². The van der Waals surface area contributed by atoms with E-state index in [1.54, 1.807) is 0 Å². The van der Waals surface area contributed by atoms with Crippen LogP contribution in [0.25, 0.3) is 0 Å². The largest absolute Gasteiger partial charge is 0.463 e. The molecule has 0 atom stereocenters. The molecule has 0 aromatic carbocycles. The molecule has 0 aliphatic heterocycles. The standard InChI is InChI=1S/C19H35I3O2Si/c1-2-19(23)24-17-15-13-11-9-7-5-3-4-6-8-10-12-14-16-18-25(20,21)22/h2H,1,3-18H2. The molecule has 0 radical (unpaired) electrons. The highest BCUT2D eigenvalue weighted by Crippen LogP contribution is 2.35. The predicted molar refractivity (Wildman–Crippen MR) is 138 cm³/mol. The third-order valence-electron chi connectivity index (χ3n) is 4.27. The Labute approximate surface area is 194 Å². The summed E-state index contributed by atoms with van der Waals surface area (Å²) in [5.41, 5.74) is 0. The molecule has 148 valence electrons. The first-order chi connectivity index (χ1) is 12.0. The summed E-state index contributed by atoms with van der Waals surface area (Å²) in [4.78, 5) is 10.9. The van der Waals surface area contributed by atoms with Gasteiger partial charge in [-0.3, -0.25) is 0 Å². The molecule has 0 aliphatic carbocycles. The second-order valence-corrected chi connectivity index (χ2v) is 43.6. The lowest BCUT2D eigenvalue weighted by atomic mass is 10.0. The number of esters is 1. The second-order valence-electron chi connectivity index (χ2n) is 6.69. The molecule has 2 nitrogen and oxygen atoms in total. The van der Waals surface area contributed by atoms with Gasteiger partial charge in [-0.25, -0.2) is 4.79 Å². The van der Waals surface area contributed by atoms with Gasteiger partial charge in [-0.15, -0.1) is 0 Å². The molecule has 0 amide bonds. The summed E-state index contributed by atoms with van der Waals surface area (Å²) in [5, 5.41) is 0. The first kappa shape index (κ1) is 26.6. The molecule has 0 bridgehead atoms. The van der Waals surface area contributed by atoms with E-state index >= 15 is 0 Å². The fourth-order valence-corrected chi connectivity index (χ4v) is 6.86. The molecule has 0 fully saturated rings. The van der Waals surface area contributed by atoms with E-state index in [9.17, 15) is 4.79 Å². The van der Waals surface area contributed by atoms with Gasteiger partial charge in [0.05, 0.1) is 6.61 Å². The van der Waals surface area contributed by atoms with Crippen molar-refractivity contribution >= 4 is 71.9 Å². The molecule has 0 aromatic rings. The minimum absolute atomic E-state index is 0.300. The third kappa shape index (κ3) is 23.6. The van der Waals surface area contributed by atoms with Crippen molar-refractivity contribution in [2.24, 2.45) is 0 Å². The third-order valence-corrected chi connectivity index (χ3v) is 10.0. The van der Waals surface area contributed by atoms with Gasteiger partial charge in [0, 0.05) is 6.08 Å². The number of ether oxygens (including phenoxy) is 1. The van der Waals surface area contributed by atoms with E-state index in [4.69, 9.17) is 4.74 Å². The Morgan fingerprint density at radius 1 is 0.720 bits per heavy atom. The summed E-state index contributed by atoms with van der Waals surface area (Å²) in [6.45, 7) is 3.93. The Morgan fingerprint density at radius 2 is 1.08 bits per heavy atom. The number of carbonyl (C=O) groups excluding carboxylic acids is 1. The zero-order valence-electron chi connectivity index (χ0n) is 15.5. The van der Waals surface area contributed by atoms with Crippen LogP contribution in [0.4, 0.5) is 0 Å². The minimum atomic E-state index is -0.884. The fourth-order valence-electron chi connectivity index (χ4n) is 2.78. The van der Waals surface area contributed by atoms with E-state index < -0.39 is 0.564 Å². The van der Waals surface area contributed by atoms with Crippen molar-refractivity contribution in [1.82, 2.24) is 0 Å². The summed E-state index contributed by atoms with van der Waals surface area (Å²) in [6, 6.07) is 1.47. The smallest absolute Gasteiger partial charge is 0.330 e. The quantitative estimate of drug-likeness (QED) is 0.0358. The predicted octanol–water partition coefficient (Wildman–Crippen LogP) is 8.42. The van der Waals surface area contributed by atoms with Crippen LogP contribution >= 0.6 is 65.4 Å². The number of carbonyl (C=O) groups is 1. The van der Waals surface area contributed by atoms with Gasteiger partial charge < -0.3 is 4.74 Å². The molecular weight excluding hydrogens is 669 g/mol. The molecule has 0 rings (SSSR count). The highest BCUT2D eigenvalue weighted by atomic mass is 127. The van der Waals surface area contributed by atoms with Crippen molar-refractivity contribution in [3.05, 3.63) is 12.7 Å². The summed E-state index contributed by atoms with van der Waals surface area (Å²) < 4.78 is 4.08. The second kappa shape index (κ2) is 19.0. The monoisotopic (exact) mass is 704 g/mol. The molecule has 0 aromatic heterocycles. The van der Waals surface area contributed by atoms with Crippen LogP contribution in [0.3, 0.4) is 0 Å². The summed E-state index contributed by atoms with van der Waals surface area (Å²) in [5.74, 6) is -0.300. The number of hydrogen-bond donors (Lipinski definition) is 0. The van der Waals surface area contributed by atoms with Gasteiger partial charge in [-0.05, 0) is 12.5 Å². The van der Waals surface area contributed by atoms with Crippen LogP contribution in [-0.4, -0.2) is 13.1 Å². The minimum Gasteiger partial charge on any atom is -0.463 e. The molecule has 25 heavy (non-hydrogen) atoms. The summed E-state index contributed by atoms with van der Waals surface area (Å²) >= 11 is 8.02. The zero-order chi connectivity index (χ0) is 18.8. The normalized spacial score (nSPS) is 11.5. The van der Waals surface area contributed by atoms with Crippen molar-refractivity contribution in [2.45, 2.75) is 95.9 Å². The maximum atomic E-state index is 10.9. The zero-order valence-corrected chi connectivity index (χ0v) is 23.0. The molecule has 0 N–H and O–H groups in total. The van der Waals surface area contributed by atoms with Gasteiger partial charge >= 0.3 is 5.97 Å². The van der Waals surface area contributed by atoms with Gasteiger partial charge in [0.25, 0.3) is 0.564 Å². The molecule has 0 aliphatic rings. The topological polar surface area (TPSA) is 26.3 Å². The first-order valence-corrected chi connectivity index (χ1v) is 21.4. The maximum absolute atomic E-state index is 10.9. The summed E-state index contributed by atoms with van der Waals surface area (Å²) in [6.07, 6.45) is 20.2. The van der Waals surface area contributed by atoms with Crippen LogP contribution in [0.15, 0.2) is 12.7 Å². The van der Waals surface area contributed by atoms with Crippen molar-refractivity contribution in [3.8, 4) is 0 Å². The van der Waals surface area contributed by atoms with E-state index in [2.05, 4.69) is 72.0 Å². The molecule has 0 spiro atoms. The number of halogens is 3. The van der Waals surface area contributed by atoms with E-state index in [1.165, 1.54) is 95.6 Å². The molecule has 0 saturated heterocycles. The average Bonchev–Trinajstić information content (AvgIpc) is 2.56. The van der Waals surface area contributed by atoms with Crippen LogP contribution in [0.1, 0.15) is 89.9 Å². The Balaban J connectivity index is 3.07. The van der Waals surface area contributed by atoms with E-state index in [-0.39, 0.29) is 5.97 Å². The van der Waals surface area contributed by atoms with Crippen LogP contribution in [-0.2, 0) is 9.53 Å². The van der Waals surface area contributed by atoms with Crippen LogP contribution in [0, 0.1) is 0 Å². The molecule has 0 unspecified atom stereocenters. The highest BCUT2D eigenvalue weighted by molar-refractivity contribution is 14.4. The van der Waals surface area contributed by atoms with E-state index in [0.717, 1.165) is 6.42 Å². The molecular formula is C19H35I3O2Si. The lowest BCUT2D eigenvalue weighted by molar-refractivity contribution is -0.137. The number of rotatable bonds is 18. The van der Waals surface area contributed by atoms with Gasteiger partial charge in [-0.2, -0.15) is 0 Å². The average molecular weight is 704 g/mol. The number of hydrogen-bond acceptors (Lipinski definition) is 2. The first-order valence-electron chi connectivity index (χ1n) is 9.81. The van der Waals surface area contributed by atoms with Gasteiger partial charge in [-0.1, -0.05) is 155 Å². The van der Waals surface area contributed by atoms with E-state index in [0.29, 0.717) is 6.61 Å². The van der Waals surface area contributed by atoms with E-state index in [1.807, 2.05) is 0 Å². The lowest BCUT2D eigenvalue weighted by Gasteiger charge is -2.08. The molecule has 0 saturated carbocycles. The Bertz CT molecular complexity index is 333. The Hall–Kier alpha value is 1.62.